The Hall–Kier alpha value is -0.570. The van der Waals surface area contributed by atoms with E-state index in [0.717, 1.165) is 12.8 Å². The maximum absolute atomic E-state index is 11.3. The minimum Gasteiger partial charge on any atom is -0.396 e. The van der Waals surface area contributed by atoms with Gasteiger partial charge in [-0.05, 0) is 12.8 Å². The van der Waals surface area contributed by atoms with Gasteiger partial charge in [-0.1, -0.05) is 12.8 Å². The summed E-state index contributed by atoms with van der Waals surface area (Å²) in [5, 5.41) is 8.58. The van der Waals surface area contributed by atoms with E-state index in [0.29, 0.717) is 6.04 Å². The van der Waals surface area contributed by atoms with Crippen molar-refractivity contribution in [3.05, 3.63) is 0 Å². The Morgan fingerprint density at radius 2 is 2.08 bits per heavy atom. The third-order valence-corrected chi connectivity index (χ3v) is 2.59. The van der Waals surface area contributed by atoms with Crippen molar-refractivity contribution in [3.8, 4) is 0 Å². The van der Waals surface area contributed by atoms with Crippen LogP contribution in [0.25, 0.3) is 0 Å². The lowest BCUT2D eigenvalue weighted by Gasteiger charge is -2.23. The third kappa shape index (κ3) is 2.21. The molecule has 1 saturated carbocycles. The second kappa shape index (κ2) is 4.45. The van der Waals surface area contributed by atoms with Crippen LogP contribution in [0, 0.1) is 0 Å². The van der Waals surface area contributed by atoms with Crippen LogP contribution >= 0.6 is 0 Å². The molecule has 1 aliphatic rings. The first-order valence-corrected chi connectivity index (χ1v) is 4.62. The fraction of sp³-hybridized carbons (Fsp3) is 0.889. The number of hydrogen-bond donors (Lipinski definition) is 1. The van der Waals surface area contributed by atoms with E-state index >= 15 is 0 Å². The molecule has 0 radical (unpaired) electrons. The molecule has 0 aromatic heterocycles. The Morgan fingerprint density at radius 1 is 1.50 bits per heavy atom. The second-order valence-electron chi connectivity index (χ2n) is 3.42. The van der Waals surface area contributed by atoms with Gasteiger partial charge in [-0.25, -0.2) is 0 Å². The second-order valence-corrected chi connectivity index (χ2v) is 3.42. The first-order valence-electron chi connectivity index (χ1n) is 4.62. The van der Waals surface area contributed by atoms with Crippen LogP contribution < -0.4 is 0 Å². The summed E-state index contributed by atoms with van der Waals surface area (Å²) in [6.07, 6.45) is 5.01. The number of aliphatic hydroxyl groups excluding tert-OH is 1. The number of aliphatic hydroxyl groups is 1. The highest BCUT2D eigenvalue weighted by Gasteiger charge is 2.22. The van der Waals surface area contributed by atoms with Crippen LogP contribution in [0.3, 0.4) is 0 Å². The van der Waals surface area contributed by atoms with Crippen LogP contribution in [-0.2, 0) is 4.79 Å². The van der Waals surface area contributed by atoms with Crippen LogP contribution in [0.2, 0.25) is 0 Å². The van der Waals surface area contributed by atoms with E-state index in [1.165, 1.54) is 12.8 Å². The molecule has 1 rings (SSSR count). The van der Waals surface area contributed by atoms with Gasteiger partial charge >= 0.3 is 0 Å². The lowest BCUT2D eigenvalue weighted by Crippen LogP contribution is -2.35. The van der Waals surface area contributed by atoms with E-state index in [1.807, 2.05) is 7.05 Å². The smallest absolute Gasteiger partial charge is 0.224 e. The quantitative estimate of drug-likeness (QED) is 0.681. The predicted octanol–water partition coefficient (Wildman–Crippen LogP) is 0.770. The van der Waals surface area contributed by atoms with Crippen molar-refractivity contribution in [3.63, 3.8) is 0 Å². The fourth-order valence-electron chi connectivity index (χ4n) is 1.77. The van der Waals surface area contributed by atoms with E-state index < -0.39 is 0 Å². The molecule has 3 nitrogen and oxygen atoms in total. The average Bonchev–Trinajstić information content (AvgIpc) is 2.55. The van der Waals surface area contributed by atoms with E-state index in [1.54, 1.807) is 4.90 Å². The zero-order valence-corrected chi connectivity index (χ0v) is 7.62. The van der Waals surface area contributed by atoms with Gasteiger partial charge in [0.2, 0.25) is 5.91 Å². The maximum atomic E-state index is 11.3. The van der Waals surface area contributed by atoms with Crippen LogP contribution in [0.1, 0.15) is 32.1 Å². The van der Waals surface area contributed by atoms with Gasteiger partial charge < -0.3 is 10.0 Å². The molecular formula is C9H17NO2. The Kier molecular flexibility index (Phi) is 3.53. The molecule has 12 heavy (non-hydrogen) atoms. The molecule has 0 aliphatic heterocycles. The molecule has 0 spiro atoms. The standard InChI is InChI=1S/C9H17NO2/c1-10(9(12)6-7-11)8-4-2-3-5-8/h8,11H,2-7H2,1H3. The number of carbonyl (C=O) groups excluding carboxylic acids is 1. The van der Waals surface area contributed by atoms with Crippen LogP contribution in [0.5, 0.6) is 0 Å². The van der Waals surface area contributed by atoms with Gasteiger partial charge in [-0.3, -0.25) is 4.79 Å². The summed E-state index contributed by atoms with van der Waals surface area (Å²) >= 11 is 0. The Balaban J connectivity index is 2.34. The Morgan fingerprint density at radius 3 is 2.58 bits per heavy atom. The van der Waals surface area contributed by atoms with E-state index in [2.05, 4.69) is 0 Å². The highest BCUT2D eigenvalue weighted by Crippen LogP contribution is 2.22. The Labute approximate surface area is 73.4 Å². The Bertz CT molecular complexity index is 153. The van der Waals surface area contributed by atoms with Gasteiger partial charge in [0.1, 0.15) is 0 Å². The highest BCUT2D eigenvalue weighted by atomic mass is 16.3. The summed E-state index contributed by atoms with van der Waals surface area (Å²) < 4.78 is 0. The van der Waals surface area contributed by atoms with Gasteiger partial charge in [-0.15, -0.1) is 0 Å². The fourth-order valence-corrected chi connectivity index (χ4v) is 1.77. The SMILES string of the molecule is CN(C(=O)CCO)C1CCCC1. The number of nitrogens with zero attached hydrogens (tertiary/aromatic N) is 1. The van der Waals surface area contributed by atoms with Crippen molar-refractivity contribution >= 4 is 5.91 Å². The molecule has 1 aliphatic carbocycles. The maximum Gasteiger partial charge on any atom is 0.224 e. The molecule has 0 unspecified atom stereocenters. The van der Waals surface area contributed by atoms with Gasteiger partial charge in [0, 0.05) is 19.5 Å². The molecule has 3 heteroatoms. The van der Waals surface area contributed by atoms with E-state index in [9.17, 15) is 4.79 Å². The zero-order chi connectivity index (χ0) is 8.97. The topological polar surface area (TPSA) is 40.5 Å². The summed E-state index contributed by atoms with van der Waals surface area (Å²) in [4.78, 5) is 13.1. The summed E-state index contributed by atoms with van der Waals surface area (Å²) in [6, 6.07) is 0.434. The molecule has 0 saturated heterocycles. The summed E-state index contributed by atoms with van der Waals surface area (Å²) in [6.45, 7) is -0.0319. The minimum absolute atomic E-state index is 0.0319. The summed E-state index contributed by atoms with van der Waals surface area (Å²) in [7, 11) is 1.84. The zero-order valence-electron chi connectivity index (χ0n) is 7.62. The average molecular weight is 171 g/mol. The molecule has 0 bridgehead atoms. The van der Waals surface area contributed by atoms with Crippen LogP contribution in [0.15, 0.2) is 0 Å². The van der Waals surface area contributed by atoms with Crippen molar-refractivity contribution < 1.29 is 9.90 Å². The monoisotopic (exact) mass is 171 g/mol. The third-order valence-electron chi connectivity index (χ3n) is 2.59. The molecular weight excluding hydrogens is 154 g/mol. The molecule has 1 N–H and O–H groups in total. The van der Waals surface area contributed by atoms with Gasteiger partial charge in [0.25, 0.3) is 0 Å². The number of hydrogen-bond acceptors (Lipinski definition) is 2. The lowest BCUT2D eigenvalue weighted by molar-refractivity contribution is -0.132. The van der Waals surface area contributed by atoms with Crippen LogP contribution in [-0.4, -0.2) is 35.6 Å². The molecule has 0 heterocycles. The number of rotatable bonds is 3. The normalized spacial score (nSPS) is 18.2. The van der Waals surface area contributed by atoms with Gasteiger partial charge in [0.15, 0.2) is 0 Å². The first-order chi connectivity index (χ1) is 5.75. The number of carbonyl (C=O) groups is 1. The molecule has 0 atom stereocenters. The molecule has 70 valence electrons. The number of amides is 1. The molecule has 0 aromatic carbocycles. The highest BCUT2D eigenvalue weighted by molar-refractivity contribution is 5.76. The largest absolute Gasteiger partial charge is 0.396 e. The lowest BCUT2D eigenvalue weighted by atomic mass is 10.2. The van der Waals surface area contributed by atoms with E-state index in [-0.39, 0.29) is 18.9 Å². The predicted molar refractivity (Wildman–Crippen MR) is 46.7 cm³/mol. The van der Waals surface area contributed by atoms with E-state index in [4.69, 9.17) is 5.11 Å². The van der Waals surface area contributed by atoms with Crippen molar-refractivity contribution in [1.82, 2.24) is 4.90 Å². The summed E-state index contributed by atoms with van der Waals surface area (Å²) in [5.41, 5.74) is 0. The van der Waals surface area contributed by atoms with Crippen molar-refractivity contribution in [1.29, 1.82) is 0 Å². The van der Waals surface area contributed by atoms with Gasteiger partial charge in [-0.2, -0.15) is 0 Å². The van der Waals surface area contributed by atoms with Crippen molar-refractivity contribution in [2.45, 2.75) is 38.1 Å². The minimum atomic E-state index is -0.0319. The first kappa shape index (κ1) is 9.52. The summed E-state index contributed by atoms with van der Waals surface area (Å²) in [5.74, 6) is 0.0735. The molecule has 1 fully saturated rings. The molecule has 1 amide bonds. The molecule has 0 aromatic rings. The van der Waals surface area contributed by atoms with Crippen LogP contribution in [0.4, 0.5) is 0 Å². The van der Waals surface area contributed by atoms with Crippen molar-refractivity contribution in [2.24, 2.45) is 0 Å². The van der Waals surface area contributed by atoms with Gasteiger partial charge in [0.05, 0.1) is 6.61 Å². The van der Waals surface area contributed by atoms with Crippen molar-refractivity contribution in [2.75, 3.05) is 13.7 Å².